The predicted octanol–water partition coefficient (Wildman–Crippen LogP) is 4.83. The summed E-state index contributed by atoms with van der Waals surface area (Å²) in [5, 5.41) is 22.7. The number of carbonyl (C=O) groups is 1. The Hall–Kier alpha value is -3.37. The molecule has 0 aromatic heterocycles. The molecule has 0 aliphatic rings. The van der Waals surface area contributed by atoms with Crippen LogP contribution in [0.5, 0.6) is 5.75 Å². The van der Waals surface area contributed by atoms with Crippen molar-refractivity contribution in [2.45, 2.75) is 13.8 Å². The molecule has 144 valence electrons. The number of ether oxygens (including phenoxy) is 1. The number of non-ortho nitro benzene ring substituents is 1. The number of nitro benzene ring substituents is 1. The number of carbonyl (C=O) groups excluding carboxylic acids is 1. The SMILES string of the molecule is CC(C)COc1ccc(C=C(C#N)C(=O)Nc2cc([N+](=O)[O-])ccc2Cl)cc1. The summed E-state index contributed by atoms with van der Waals surface area (Å²) >= 11 is 5.97. The summed E-state index contributed by atoms with van der Waals surface area (Å²) < 4.78 is 5.59. The van der Waals surface area contributed by atoms with Gasteiger partial charge in [0.2, 0.25) is 0 Å². The van der Waals surface area contributed by atoms with Gasteiger partial charge in [0.15, 0.2) is 0 Å². The predicted molar refractivity (Wildman–Crippen MR) is 107 cm³/mol. The Kier molecular flexibility index (Phi) is 7.13. The molecule has 0 aliphatic carbocycles. The molecule has 2 rings (SSSR count). The Labute approximate surface area is 167 Å². The first-order chi connectivity index (χ1) is 13.3. The first kappa shape index (κ1) is 20.9. The molecule has 0 fully saturated rings. The van der Waals surface area contributed by atoms with E-state index in [4.69, 9.17) is 16.3 Å². The number of anilines is 1. The summed E-state index contributed by atoms with van der Waals surface area (Å²) in [5.41, 5.74) is 0.297. The number of rotatable bonds is 7. The monoisotopic (exact) mass is 399 g/mol. The second kappa shape index (κ2) is 9.53. The number of nitrogens with zero attached hydrogens (tertiary/aromatic N) is 2. The van der Waals surface area contributed by atoms with Crippen molar-refractivity contribution in [3.63, 3.8) is 0 Å². The second-order valence-electron chi connectivity index (χ2n) is 6.32. The Morgan fingerprint density at radius 2 is 2.00 bits per heavy atom. The fraction of sp³-hybridized carbons (Fsp3) is 0.200. The molecule has 7 nitrogen and oxygen atoms in total. The molecule has 0 spiro atoms. The maximum atomic E-state index is 12.4. The zero-order chi connectivity index (χ0) is 20.7. The van der Waals surface area contributed by atoms with Gasteiger partial charge in [0.1, 0.15) is 17.4 Å². The number of amides is 1. The number of halogens is 1. The van der Waals surface area contributed by atoms with Crippen molar-refractivity contribution >= 4 is 35.0 Å². The van der Waals surface area contributed by atoms with Crippen LogP contribution in [0.25, 0.3) is 6.08 Å². The van der Waals surface area contributed by atoms with Gasteiger partial charge in [-0.05, 0) is 35.8 Å². The highest BCUT2D eigenvalue weighted by atomic mass is 35.5. The summed E-state index contributed by atoms with van der Waals surface area (Å²) in [5.74, 6) is 0.372. The van der Waals surface area contributed by atoms with Crippen molar-refractivity contribution in [2.75, 3.05) is 11.9 Å². The minimum absolute atomic E-state index is 0.0550. The number of benzene rings is 2. The lowest BCUT2D eigenvalue weighted by atomic mass is 10.1. The molecule has 0 saturated heterocycles. The van der Waals surface area contributed by atoms with Crippen molar-refractivity contribution in [3.8, 4) is 11.8 Å². The number of nitriles is 1. The maximum absolute atomic E-state index is 12.4. The van der Waals surface area contributed by atoms with E-state index in [2.05, 4.69) is 5.32 Å². The largest absolute Gasteiger partial charge is 0.493 e. The molecule has 2 aromatic carbocycles. The molecule has 0 heterocycles. The van der Waals surface area contributed by atoms with Crippen LogP contribution >= 0.6 is 11.6 Å². The molecule has 1 amide bonds. The van der Waals surface area contributed by atoms with Crippen molar-refractivity contribution < 1.29 is 14.5 Å². The van der Waals surface area contributed by atoms with E-state index in [0.29, 0.717) is 23.8 Å². The average molecular weight is 400 g/mol. The maximum Gasteiger partial charge on any atom is 0.271 e. The van der Waals surface area contributed by atoms with Crippen LogP contribution in [-0.4, -0.2) is 17.4 Å². The molecule has 0 radical (unpaired) electrons. The Balaban J connectivity index is 2.16. The highest BCUT2D eigenvalue weighted by Crippen LogP contribution is 2.27. The van der Waals surface area contributed by atoms with Gasteiger partial charge in [0.05, 0.1) is 22.2 Å². The van der Waals surface area contributed by atoms with Crippen molar-refractivity contribution in [1.82, 2.24) is 0 Å². The minimum atomic E-state index is -0.718. The Bertz CT molecular complexity index is 947. The fourth-order valence-electron chi connectivity index (χ4n) is 2.15. The quantitative estimate of drug-likeness (QED) is 0.310. The third-order valence-electron chi connectivity index (χ3n) is 3.55. The van der Waals surface area contributed by atoms with Gasteiger partial charge in [-0.25, -0.2) is 0 Å². The molecule has 28 heavy (non-hydrogen) atoms. The van der Waals surface area contributed by atoms with Crippen LogP contribution in [-0.2, 0) is 4.79 Å². The number of nitrogens with one attached hydrogen (secondary N) is 1. The Morgan fingerprint density at radius 1 is 1.32 bits per heavy atom. The zero-order valence-corrected chi connectivity index (χ0v) is 16.1. The van der Waals surface area contributed by atoms with Crippen LogP contribution in [0.2, 0.25) is 5.02 Å². The topological polar surface area (TPSA) is 105 Å². The summed E-state index contributed by atoms with van der Waals surface area (Å²) in [6.07, 6.45) is 1.41. The van der Waals surface area contributed by atoms with E-state index < -0.39 is 10.8 Å². The lowest BCUT2D eigenvalue weighted by molar-refractivity contribution is -0.384. The van der Waals surface area contributed by atoms with Crippen molar-refractivity contribution in [1.29, 1.82) is 5.26 Å². The minimum Gasteiger partial charge on any atom is -0.493 e. The molecule has 8 heteroatoms. The lowest BCUT2D eigenvalue weighted by Crippen LogP contribution is -2.14. The number of hydrogen-bond donors (Lipinski definition) is 1. The summed E-state index contributed by atoms with van der Waals surface area (Å²) in [4.78, 5) is 22.6. The van der Waals surface area contributed by atoms with Gasteiger partial charge in [-0.1, -0.05) is 37.6 Å². The van der Waals surface area contributed by atoms with Crippen LogP contribution in [0, 0.1) is 27.4 Å². The molecule has 0 unspecified atom stereocenters. The van der Waals surface area contributed by atoms with Gasteiger partial charge < -0.3 is 10.1 Å². The third kappa shape index (κ3) is 5.83. The van der Waals surface area contributed by atoms with Crippen molar-refractivity contribution in [2.24, 2.45) is 5.92 Å². The second-order valence-corrected chi connectivity index (χ2v) is 6.73. The van der Waals surface area contributed by atoms with Crippen LogP contribution in [0.3, 0.4) is 0 Å². The van der Waals surface area contributed by atoms with Gasteiger partial charge in [0, 0.05) is 12.1 Å². The van der Waals surface area contributed by atoms with E-state index in [9.17, 15) is 20.2 Å². The van der Waals surface area contributed by atoms with Gasteiger partial charge >= 0.3 is 0 Å². The molecule has 0 saturated carbocycles. The summed E-state index contributed by atoms with van der Waals surface area (Å²) in [6.45, 7) is 4.68. The highest BCUT2D eigenvalue weighted by molar-refractivity contribution is 6.34. The number of hydrogen-bond acceptors (Lipinski definition) is 5. The van der Waals surface area contributed by atoms with Gasteiger partial charge in [-0.3, -0.25) is 14.9 Å². The third-order valence-corrected chi connectivity index (χ3v) is 3.88. The summed E-state index contributed by atoms with van der Waals surface area (Å²) in [6, 6.07) is 12.4. The van der Waals surface area contributed by atoms with E-state index in [0.717, 1.165) is 6.07 Å². The lowest BCUT2D eigenvalue weighted by Gasteiger charge is -2.09. The van der Waals surface area contributed by atoms with Gasteiger partial charge in [0.25, 0.3) is 11.6 Å². The van der Waals surface area contributed by atoms with Crippen LogP contribution < -0.4 is 10.1 Å². The normalized spacial score (nSPS) is 11.0. The van der Waals surface area contributed by atoms with Crippen LogP contribution in [0.15, 0.2) is 48.0 Å². The molecular weight excluding hydrogens is 382 g/mol. The fourth-order valence-corrected chi connectivity index (χ4v) is 2.32. The molecule has 2 aromatic rings. The van der Waals surface area contributed by atoms with Gasteiger partial charge in [-0.15, -0.1) is 0 Å². The molecule has 1 N–H and O–H groups in total. The first-order valence-corrected chi connectivity index (χ1v) is 8.78. The molecule has 0 atom stereocenters. The van der Waals surface area contributed by atoms with E-state index in [1.165, 1.54) is 18.2 Å². The standard InChI is InChI=1S/C20H18ClN3O4/c1-13(2)12-28-17-6-3-14(4-7-17)9-15(11-22)20(25)23-19-10-16(24(26)27)5-8-18(19)21/h3-10,13H,12H2,1-2H3,(H,23,25). The van der Waals surface area contributed by atoms with E-state index in [1.54, 1.807) is 24.3 Å². The van der Waals surface area contributed by atoms with Gasteiger partial charge in [-0.2, -0.15) is 5.26 Å². The molecule has 0 aliphatic heterocycles. The van der Waals surface area contributed by atoms with Crippen LogP contribution in [0.4, 0.5) is 11.4 Å². The number of nitro groups is 1. The Morgan fingerprint density at radius 3 is 2.57 bits per heavy atom. The first-order valence-electron chi connectivity index (χ1n) is 8.40. The van der Waals surface area contributed by atoms with E-state index in [1.807, 2.05) is 19.9 Å². The van der Waals surface area contributed by atoms with Crippen molar-refractivity contribution in [3.05, 3.63) is 68.7 Å². The highest BCUT2D eigenvalue weighted by Gasteiger charge is 2.15. The average Bonchev–Trinajstić information content (AvgIpc) is 2.66. The molecular formula is C20H18ClN3O4. The van der Waals surface area contributed by atoms with E-state index >= 15 is 0 Å². The van der Waals surface area contributed by atoms with Crippen LogP contribution in [0.1, 0.15) is 19.4 Å². The van der Waals surface area contributed by atoms with E-state index in [-0.39, 0.29) is 22.0 Å². The smallest absolute Gasteiger partial charge is 0.271 e. The molecule has 0 bridgehead atoms. The zero-order valence-electron chi connectivity index (χ0n) is 15.3. The summed E-state index contributed by atoms with van der Waals surface area (Å²) in [7, 11) is 0.